The Morgan fingerprint density at radius 3 is 2.61 bits per heavy atom. The molecule has 7 nitrogen and oxygen atoms in total. The minimum absolute atomic E-state index is 0.0545. The summed E-state index contributed by atoms with van der Waals surface area (Å²) in [5.74, 6) is 0.642. The SMILES string of the molecule is C=C/C=C(\C=C\O)C1c2cc(C(=NC)NN=C)ccc2NN1C.CCN(C)C. The minimum Gasteiger partial charge on any atom is -0.516 e. The van der Waals surface area contributed by atoms with Crippen molar-refractivity contribution in [1.29, 1.82) is 0 Å². The summed E-state index contributed by atoms with van der Waals surface area (Å²) in [5, 5.41) is 14.8. The first-order valence-electron chi connectivity index (χ1n) is 9.03. The maximum absolute atomic E-state index is 9.17. The highest BCUT2D eigenvalue weighted by Crippen LogP contribution is 2.39. The van der Waals surface area contributed by atoms with Crippen LogP contribution >= 0.6 is 0 Å². The number of rotatable bonds is 6. The molecule has 1 aromatic rings. The van der Waals surface area contributed by atoms with Crippen LogP contribution < -0.4 is 10.9 Å². The fourth-order valence-electron chi connectivity index (χ4n) is 2.68. The zero-order valence-corrected chi connectivity index (χ0v) is 17.5. The van der Waals surface area contributed by atoms with Crippen LogP contribution in [0.15, 0.2) is 64.9 Å². The van der Waals surface area contributed by atoms with Crippen LogP contribution in [0.1, 0.15) is 24.1 Å². The number of anilines is 1. The first-order valence-corrected chi connectivity index (χ1v) is 9.03. The standard InChI is InChI=1S/C17H21N5O.C4H11N/c1-5-6-12(9-10-23)16-14-11-13(17(18-2)20-19-3)7-8-15(14)21-22(16)4;1-4-5(2)3/h5-11,16,21,23H,1,3H2,2,4H3,(H,18,20);4H2,1-3H3/b10-9+,12-6+;. The van der Waals surface area contributed by atoms with Crippen LogP contribution in [0.4, 0.5) is 5.69 Å². The van der Waals surface area contributed by atoms with Crippen molar-refractivity contribution in [3.05, 3.63) is 66.0 Å². The monoisotopic (exact) mass is 384 g/mol. The molecule has 1 aromatic carbocycles. The van der Waals surface area contributed by atoms with Crippen molar-refractivity contribution in [2.24, 2.45) is 10.1 Å². The van der Waals surface area contributed by atoms with Gasteiger partial charge in [-0.15, -0.1) is 0 Å². The van der Waals surface area contributed by atoms with E-state index in [1.54, 1.807) is 19.2 Å². The Morgan fingerprint density at radius 1 is 1.43 bits per heavy atom. The number of amidine groups is 1. The highest BCUT2D eigenvalue weighted by Gasteiger charge is 2.29. The Hall–Kier alpha value is -2.90. The van der Waals surface area contributed by atoms with E-state index in [0.29, 0.717) is 5.84 Å². The van der Waals surface area contributed by atoms with Crippen LogP contribution in [0.2, 0.25) is 0 Å². The van der Waals surface area contributed by atoms with Gasteiger partial charge < -0.3 is 15.4 Å². The van der Waals surface area contributed by atoms with Gasteiger partial charge in [0.05, 0.1) is 18.0 Å². The number of aliphatic hydroxyl groups excluding tert-OH is 1. The van der Waals surface area contributed by atoms with Crippen molar-refractivity contribution in [2.45, 2.75) is 13.0 Å². The summed E-state index contributed by atoms with van der Waals surface area (Å²) in [6.45, 7) is 10.4. The number of allylic oxidation sites excluding steroid dienone is 2. The molecule has 1 aliphatic heterocycles. The number of nitrogens with one attached hydrogen (secondary N) is 2. The second-order valence-corrected chi connectivity index (χ2v) is 6.38. The predicted molar refractivity (Wildman–Crippen MR) is 120 cm³/mol. The van der Waals surface area contributed by atoms with Gasteiger partial charge in [0.1, 0.15) is 5.84 Å². The molecule has 28 heavy (non-hydrogen) atoms. The van der Waals surface area contributed by atoms with Gasteiger partial charge >= 0.3 is 0 Å². The lowest BCUT2D eigenvalue weighted by Crippen LogP contribution is -2.24. The lowest BCUT2D eigenvalue weighted by atomic mass is 9.96. The molecule has 0 radical (unpaired) electrons. The summed E-state index contributed by atoms with van der Waals surface area (Å²) in [5.41, 5.74) is 10.00. The van der Waals surface area contributed by atoms with Gasteiger partial charge in [-0.25, -0.2) is 5.01 Å². The average Bonchev–Trinajstić information content (AvgIpc) is 3.01. The van der Waals surface area contributed by atoms with Crippen molar-refractivity contribution in [2.75, 3.05) is 40.2 Å². The van der Waals surface area contributed by atoms with Crippen LogP contribution in [0, 0.1) is 0 Å². The molecule has 0 aliphatic carbocycles. The molecule has 3 N–H and O–H groups in total. The van der Waals surface area contributed by atoms with Gasteiger partial charge in [0.2, 0.25) is 0 Å². The highest BCUT2D eigenvalue weighted by atomic mass is 16.2. The average molecular weight is 385 g/mol. The number of likely N-dealkylation sites (N-methyl/N-ethyl adjacent to an activating group) is 1. The van der Waals surface area contributed by atoms with Gasteiger partial charge in [-0.05, 0) is 50.5 Å². The Balaban J connectivity index is 0.000000696. The molecule has 0 spiro atoms. The maximum Gasteiger partial charge on any atom is 0.148 e. The molecule has 1 atom stereocenters. The summed E-state index contributed by atoms with van der Waals surface area (Å²) < 4.78 is 0. The van der Waals surface area contributed by atoms with Gasteiger partial charge in [0.25, 0.3) is 0 Å². The van der Waals surface area contributed by atoms with E-state index in [1.165, 1.54) is 0 Å². The molecule has 152 valence electrons. The zero-order valence-electron chi connectivity index (χ0n) is 17.5. The first-order chi connectivity index (χ1) is 13.4. The quantitative estimate of drug-likeness (QED) is 0.231. The minimum atomic E-state index is -0.0545. The Bertz CT molecular complexity index is 751. The second kappa shape index (κ2) is 11.7. The van der Waals surface area contributed by atoms with Crippen LogP contribution in [-0.4, -0.2) is 62.3 Å². The maximum atomic E-state index is 9.17. The topological polar surface area (TPSA) is 75.5 Å². The third kappa shape index (κ3) is 6.07. The number of aliphatic imine (C=N–C) groups is 1. The molecular formula is C21H32N6O. The fourth-order valence-corrected chi connectivity index (χ4v) is 2.68. The van der Waals surface area contributed by atoms with E-state index in [-0.39, 0.29) is 6.04 Å². The Labute approximate surface area is 168 Å². The molecule has 7 heteroatoms. The van der Waals surface area contributed by atoms with E-state index < -0.39 is 0 Å². The molecule has 0 aromatic heterocycles. The van der Waals surface area contributed by atoms with Gasteiger partial charge in [0, 0.05) is 31.9 Å². The lowest BCUT2D eigenvalue weighted by molar-refractivity contribution is 0.361. The molecule has 0 saturated carbocycles. The number of hydrogen-bond acceptors (Lipinski definition) is 6. The van der Waals surface area contributed by atoms with Crippen LogP contribution in [0.25, 0.3) is 0 Å². The molecule has 0 amide bonds. The smallest absolute Gasteiger partial charge is 0.148 e. The summed E-state index contributed by atoms with van der Waals surface area (Å²) in [6, 6.07) is 5.94. The van der Waals surface area contributed by atoms with Crippen molar-refractivity contribution in [3.63, 3.8) is 0 Å². The Kier molecular flexibility index (Phi) is 9.70. The summed E-state index contributed by atoms with van der Waals surface area (Å²) in [4.78, 5) is 6.31. The third-order valence-electron chi connectivity index (χ3n) is 4.24. The van der Waals surface area contributed by atoms with Crippen LogP contribution in [-0.2, 0) is 0 Å². The summed E-state index contributed by atoms with van der Waals surface area (Å²) in [6.07, 6.45) is 6.26. The molecule has 0 bridgehead atoms. The number of benzene rings is 1. The van der Waals surface area contributed by atoms with Gasteiger partial charge in [-0.1, -0.05) is 25.7 Å². The predicted octanol–water partition coefficient (Wildman–Crippen LogP) is 3.33. The largest absolute Gasteiger partial charge is 0.516 e. The molecule has 0 fully saturated rings. The highest BCUT2D eigenvalue weighted by molar-refractivity contribution is 5.99. The van der Waals surface area contributed by atoms with E-state index in [0.717, 1.165) is 35.2 Å². The van der Waals surface area contributed by atoms with E-state index >= 15 is 0 Å². The lowest BCUT2D eigenvalue weighted by Gasteiger charge is -2.21. The number of hydrogen-bond donors (Lipinski definition) is 3. The van der Waals surface area contributed by atoms with Crippen molar-refractivity contribution < 1.29 is 5.11 Å². The number of hydrazone groups is 1. The second-order valence-electron chi connectivity index (χ2n) is 6.38. The van der Waals surface area contributed by atoms with Crippen molar-refractivity contribution in [3.8, 4) is 0 Å². The Morgan fingerprint density at radius 2 is 2.11 bits per heavy atom. The van der Waals surface area contributed by atoms with E-state index in [1.807, 2.05) is 36.3 Å². The molecule has 0 saturated heterocycles. The van der Waals surface area contributed by atoms with Gasteiger partial charge in [-0.2, -0.15) is 5.10 Å². The number of aliphatic hydroxyl groups is 1. The van der Waals surface area contributed by atoms with E-state index in [2.05, 4.69) is 60.2 Å². The fraction of sp³-hybridized carbons (Fsp3) is 0.333. The van der Waals surface area contributed by atoms with Crippen molar-refractivity contribution in [1.82, 2.24) is 15.3 Å². The summed E-state index contributed by atoms with van der Waals surface area (Å²) in [7, 11) is 7.75. The molecule has 1 heterocycles. The molecule has 1 unspecified atom stereocenters. The molecule has 2 rings (SSSR count). The van der Waals surface area contributed by atoms with Crippen LogP contribution in [0.5, 0.6) is 0 Å². The number of nitrogens with zero attached hydrogens (tertiary/aromatic N) is 4. The zero-order chi connectivity index (χ0) is 21.1. The number of hydrazine groups is 1. The third-order valence-corrected chi connectivity index (χ3v) is 4.24. The molecule has 1 aliphatic rings. The van der Waals surface area contributed by atoms with Gasteiger partial charge in [-0.3, -0.25) is 10.4 Å². The number of fused-ring (bicyclic) bond motifs is 1. The van der Waals surface area contributed by atoms with E-state index in [9.17, 15) is 0 Å². The van der Waals surface area contributed by atoms with Gasteiger partial charge in [0.15, 0.2) is 0 Å². The van der Waals surface area contributed by atoms with Crippen molar-refractivity contribution >= 4 is 18.2 Å². The van der Waals surface area contributed by atoms with E-state index in [4.69, 9.17) is 5.11 Å². The summed E-state index contributed by atoms with van der Waals surface area (Å²) >= 11 is 0. The normalized spacial score (nSPS) is 17.0. The van der Waals surface area contributed by atoms with Crippen LogP contribution in [0.3, 0.4) is 0 Å². The first kappa shape index (κ1) is 23.1. The molecular weight excluding hydrogens is 352 g/mol.